The Kier molecular flexibility index (Phi) is 5.06. The van der Waals surface area contributed by atoms with Crippen LogP contribution < -0.4 is 0 Å². The maximum absolute atomic E-state index is 11.8. The number of aryl methyl sites for hydroxylation is 1. The molecule has 0 aliphatic carbocycles. The minimum Gasteiger partial charge on any atom is -0.454 e. The summed E-state index contributed by atoms with van der Waals surface area (Å²) < 4.78 is 6.36. The first-order chi connectivity index (χ1) is 10.9. The minimum absolute atomic E-state index is 0.000246. The summed E-state index contributed by atoms with van der Waals surface area (Å²) in [5.74, 6) is -1.11. The quantitative estimate of drug-likeness (QED) is 0.444. The fourth-order valence-corrected chi connectivity index (χ4v) is 2.44. The van der Waals surface area contributed by atoms with E-state index in [1.807, 2.05) is 0 Å². The second-order valence-corrected chi connectivity index (χ2v) is 5.55. The summed E-state index contributed by atoms with van der Waals surface area (Å²) in [6.07, 6.45) is 1.47. The standard InChI is InChI=1S/C13H12N4O5S/c1-8(18)6-22-12(19)9-3-4-11(10(5-9)17(20)21)23-13-15-14-7-16(13)2/h3-5,7H,6H2,1-2H3. The lowest BCUT2D eigenvalue weighted by atomic mass is 10.2. The van der Waals surface area contributed by atoms with Crippen LogP contribution in [0.25, 0.3) is 0 Å². The van der Waals surface area contributed by atoms with Crippen LogP contribution in [0.4, 0.5) is 5.69 Å². The highest BCUT2D eigenvalue weighted by atomic mass is 32.2. The SMILES string of the molecule is CC(=O)COC(=O)c1ccc(Sc2nncn2C)c([N+](=O)[O-])c1. The predicted molar refractivity (Wildman–Crippen MR) is 79.2 cm³/mol. The lowest BCUT2D eigenvalue weighted by Gasteiger charge is -2.05. The molecule has 0 N–H and O–H groups in total. The highest BCUT2D eigenvalue weighted by Gasteiger charge is 2.20. The third-order valence-corrected chi connectivity index (χ3v) is 3.79. The molecule has 1 heterocycles. The van der Waals surface area contributed by atoms with E-state index >= 15 is 0 Å². The number of nitrogens with zero attached hydrogens (tertiary/aromatic N) is 4. The number of hydrogen-bond acceptors (Lipinski definition) is 8. The molecule has 0 bridgehead atoms. The van der Waals surface area contributed by atoms with Crippen LogP contribution in [-0.4, -0.2) is 38.0 Å². The number of benzene rings is 1. The molecule has 1 aromatic carbocycles. The van der Waals surface area contributed by atoms with Gasteiger partial charge >= 0.3 is 5.97 Å². The van der Waals surface area contributed by atoms with Crippen LogP contribution in [0.5, 0.6) is 0 Å². The third kappa shape index (κ3) is 4.13. The Morgan fingerprint density at radius 2 is 2.17 bits per heavy atom. The maximum atomic E-state index is 11.8. The third-order valence-electron chi connectivity index (χ3n) is 2.67. The van der Waals surface area contributed by atoms with Crippen LogP contribution in [0.15, 0.2) is 34.6 Å². The number of Topliss-reactive ketones (excluding diaryl/α,β-unsaturated/α-hetero) is 1. The van der Waals surface area contributed by atoms with E-state index in [1.54, 1.807) is 11.6 Å². The highest BCUT2D eigenvalue weighted by molar-refractivity contribution is 7.99. The molecule has 0 aliphatic heterocycles. The van der Waals surface area contributed by atoms with Crippen molar-refractivity contribution < 1.29 is 19.2 Å². The number of ether oxygens (including phenoxy) is 1. The van der Waals surface area contributed by atoms with Gasteiger partial charge in [0.25, 0.3) is 5.69 Å². The van der Waals surface area contributed by atoms with E-state index in [0.717, 1.165) is 17.8 Å². The number of rotatable bonds is 6. The predicted octanol–water partition coefficient (Wildman–Crippen LogP) is 1.62. The lowest BCUT2D eigenvalue weighted by molar-refractivity contribution is -0.387. The molecule has 0 saturated heterocycles. The molecule has 0 atom stereocenters. The molecule has 9 nitrogen and oxygen atoms in total. The molecule has 0 fully saturated rings. The molecule has 0 saturated carbocycles. The van der Waals surface area contributed by atoms with E-state index in [1.165, 1.54) is 25.4 Å². The summed E-state index contributed by atoms with van der Waals surface area (Å²) in [5.41, 5.74) is -0.254. The summed E-state index contributed by atoms with van der Waals surface area (Å²) in [6.45, 7) is 0.901. The van der Waals surface area contributed by atoms with Gasteiger partial charge < -0.3 is 9.30 Å². The van der Waals surface area contributed by atoms with E-state index in [9.17, 15) is 19.7 Å². The zero-order chi connectivity index (χ0) is 17.0. The molecule has 0 radical (unpaired) electrons. The summed E-state index contributed by atoms with van der Waals surface area (Å²) in [7, 11) is 1.71. The molecule has 0 amide bonds. The van der Waals surface area contributed by atoms with Gasteiger partial charge in [0.05, 0.1) is 15.4 Å². The first kappa shape index (κ1) is 16.6. The first-order valence-electron chi connectivity index (χ1n) is 6.35. The Hall–Kier alpha value is -2.75. The molecule has 2 rings (SSSR count). The number of carbonyl (C=O) groups excluding carboxylic acids is 2. The number of hydrogen-bond donors (Lipinski definition) is 0. The molecule has 10 heteroatoms. The van der Waals surface area contributed by atoms with Crippen molar-refractivity contribution in [3.63, 3.8) is 0 Å². The number of ketones is 1. The number of aromatic nitrogens is 3. The first-order valence-corrected chi connectivity index (χ1v) is 7.17. The molecular weight excluding hydrogens is 324 g/mol. The van der Waals surface area contributed by atoms with Crippen molar-refractivity contribution in [2.75, 3.05) is 6.61 Å². The van der Waals surface area contributed by atoms with Gasteiger partial charge in [-0.2, -0.15) is 0 Å². The summed E-state index contributed by atoms with van der Waals surface area (Å²) in [4.78, 5) is 33.5. The smallest absolute Gasteiger partial charge is 0.338 e. The van der Waals surface area contributed by atoms with Gasteiger partial charge in [-0.05, 0) is 30.8 Å². The van der Waals surface area contributed by atoms with Crippen molar-refractivity contribution in [2.24, 2.45) is 7.05 Å². The molecule has 2 aromatic rings. The van der Waals surface area contributed by atoms with Crippen LogP contribution in [0, 0.1) is 10.1 Å². The van der Waals surface area contributed by atoms with Crippen molar-refractivity contribution in [3.8, 4) is 0 Å². The van der Waals surface area contributed by atoms with E-state index in [0.29, 0.717) is 10.1 Å². The molecule has 120 valence electrons. The van der Waals surface area contributed by atoms with E-state index in [4.69, 9.17) is 4.74 Å². The van der Waals surface area contributed by atoms with Crippen LogP contribution >= 0.6 is 11.8 Å². The van der Waals surface area contributed by atoms with Crippen LogP contribution in [0.1, 0.15) is 17.3 Å². The van der Waals surface area contributed by atoms with Crippen molar-refractivity contribution >= 4 is 29.2 Å². The van der Waals surface area contributed by atoms with Gasteiger partial charge in [-0.15, -0.1) is 10.2 Å². The van der Waals surface area contributed by atoms with Crippen molar-refractivity contribution in [2.45, 2.75) is 17.0 Å². The zero-order valence-electron chi connectivity index (χ0n) is 12.3. The molecule has 23 heavy (non-hydrogen) atoms. The Labute approximate surface area is 134 Å². The highest BCUT2D eigenvalue weighted by Crippen LogP contribution is 2.34. The van der Waals surface area contributed by atoms with Crippen molar-refractivity contribution in [3.05, 3.63) is 40.2 Å². The lowest BCUT2D eigenvalue weighted by Crippen LogP contribution is -2.11. The van der Waals surface area contributed by atoms with Crippen LogP contribution in [0.2, 0.25) is 0 Å². The second kappa shape index (κ2) is 7.01. The number of nitro benzene ring substituents is 1. The summed E-state index contributed by atoms with van der Waals surface area (Å²) >= 11 is 1.06. The van der Waals surface area contributed by atoms with Crippen molar-refractivity contribution in [1.82, 2.24) is 14.8 Å². The van der Waals surface area contributed by atoms with Crippen LogP contribution in [0.3, 0.4) is 0 Å². The number of carbonyl (C=O) groups is 2. The molecular formula is C13H12N4O5S. The largest absolute Gasteiger partial charge is 0.454 e. The van der Waals surface area contributed by atoms with Gasteiger partial charge in [0, 0.05) is 13.1 Å². The van der Waals surface area contributed by atoms with Gasteiger partial charge in [-0.25, -0.2) is 4.79 Å². The van der Waals surface area contributed by atoms with E-state index < -0.39 is 10.9 Å². The van der Waals surface area contributed by atoms with Gasteiger partial charge in [-0.1, -0.05) is 0 Å². The van der Waals surface area contributed by atoms with Crippen LogP contribution in [-0.2, 0) is 16.6 Å². The summed E-state index contributed by atoms with van der Waals surface area (Å²) in [5, 5.41) is 19.2. The Balaban J connectivity index is 2.28. The Morgan fingerprint density at radius 3 is 2.74 bits per heavy atom. The van der Waals surface area contributed by atoms with Gasteiger partial charge in [0.1, 0.15) is 12.9 Å². The van der Waals surface area contributed by atoms with Crippen molar-refractivity contribution in [1.29, 1.82) is 0 Å². The number of nitro groups is 1. The zero-order valence-corrected chi connectivity index (χ0v) is 13.1. The molecule has 0 aliphatic rings. The molecule has 0 spiro atoms. The second-order valence-electron chi connectivity index (χ2n) is 4.54. The normalized spacial score (nSPS) is 10.3. The van der Waals surface area contributed by atoms with Gasteiger partial charge in [0.2, 0.25) is 0 Å². The molecule has 1 aromatic heterocycles. The maximum Gasteiger partial charge on any atom is 0.338 e. The average molecular weight is 336 g/mol. The van der Waals surface area contributed by atoms with Gasteiger partial charge in [-0.3, -0.25) is 14.9 Å². The molecule has 0 unspecified atom stereocenters. The van der Waals surface area contributed by atoms with Gasteiger partial charge in [0.15, 0.2) is 10.9 Å². The van der Waals surface area contributed by atoms with E-state index in [2.05, 4.69) is 10.2 Å². The Bertz CT molecular complexity index is 773. The monoisotopic (exact) mass is 336 g/mol. The topological polar surface area (TPSA) is 117 Å². The van der Waals surface area contributed by atoms with E-state index in [-0.39, 0.29) is 23.6 Å². The number of esters is 1. The average Bonchev–Trinajstić information content (AvgIpc) is 2.90. The Morgan fingerprint density at radius 1 is 1.43 bits per heavy atom. The fourth-order valence-electron chi connectivity index (χ4n) is 1.59. The summed E-state index contributed by atoms with van der Waals surface area (Å²) in [6, 6.07) is 3.94. The minimum atomic E-state index is -0.793. The fraction of sp³-hybridized carbons (Fsp3) is 0.231.